The van der Waals surface area contributed by atoms with Gasteiger partial charge in [0.05, 0.1) is 0 Å². The molecule has 3 N–H and O–H groups in total. The second-order valence-electron chi connectivity index (χ2n) is 5.03. The van der Waals surface area contributed by atoms with Crippen molar-refractivity contribution in [1.29, 1.82) is 0 Å². The third-order valence-electron chi connectivity index (χ3n) is 3.22. The minimum atomic E-state index is -0.450. The molecule has 5 nitrogen and oxygen atoms in total. The van der Waals surface area contributed by atoms with Gasteiger partial charge in [0, 0.05) is 28.5 Å². The molecule has 0 heterocycles. The average molecular weight is 376 g/mol. The summed E-state index contributed by atoms with van der Waals surface area (Å²) in [4.78, 5) is 23.9. The lowest BCUT2D eigenvalue weighted by atomic mass is 10.1. The van der Waals surface area contributed by atoms with Crippen LogP contribution in [0.15, 0.2) is 53.0 Å². The number of amides is 2. The largest absolute Gasteiger partial charge is 0.374 e. The van der Waals surface area contributed by atoms with E-state index in [0.717, 1.165) is 10.2 Å². The highest BCUT2D eigenvalue weighted by atomic mass is 79.9. The number of hydrogen-bond donors (Lipinski definition) is 3. The van der Waals surface area contributed by atoms with E-state index in [1.807, 2.05) is 30.3 Å². The van der Waals surface area contributed by atoms with E-state index in [4.69, 9.17) is 0 Å². The molecule has 0 aliphatic carbocycles. The van der Waals surface area contributed by atoms with Gasteiger partial charge in [-0.3, -0.25) is 9.59 Å². The minimum Gasteiger partial charge on any atom is -0.374 e. The number of carbonyl (C=O) groups is 2. The van der Waals surface area contributed by atoms with Crippen LogP contribution in [0.3, 0.4) is 0 Å². The van der Waals surface area contributed by atoms with Crippen molar-refractivity contribution < 1.29 is 9.59 Å². The summed E-state index contributed by atoms with van der Waals surface area (Å²) in [6, 6.07) is 14.0. The van der Waals surface area contributed by atoms with Crippen LogP contribution in [-0.4, -0.2) is 24.9 Å². The SMILES string of the molecule is CNC(=O)c1cccc(NC(C)C(=O)Nc2cccc(Br)c2)c1. The molecule has 2 rings (SSSR count). The number of anilines is 2. The van der Waals surface area contributed by atoms with Gasteiger partial charge in [-0.2, -0.15) is 0 Å². The van der Waals surface area contributed by atoms with Crippen LogP contribution in [0.4, 0.5) is 11.4 Å². The Morgan fingerprint density at radius 1 is 1.04 bits per heavy atom. The number of rotatable bonds is 5. The van der Waals surface area contributed by atoms with E-state index >= 15 is 0 Å². The molecule has 0 saturated carbocycles. The standard InChI is InChI=1S/C17H18BrN3O2/c1-11(16(22)21-15-8-4-6-13(18)10-15)20-14-7-3-5-12(9-14)17(23)19-2/h3-11,20H,1-2H3,(H,19,23)(H,21,22). The zero-order valence-corrected chi connectivity index (χ0v) is 14.5. The summed E-state index contributed by atoms with van der Waals surface area (Å²) in [6.07, 6.45) is 0. The van der Waals surface area contributed by atoms with E-state index in [-0.39, 0.29) is 11.8 Å². The van der Waals surface area contributed by atoms with Crippen LogP contribution >= 0.6 is 15.9 Å². The fraction of sp³-hybridized carbons (Fsp3) is 0.176. The molecule has 0 fully saturated rings. The highest BCUT2D eigenvalue weighted by Crippen LogP contribution is 2.17. The first-order valence-corrected chi connectivity index (χ1v) is 7.94. The molecule has 2 aromatic rings. The molecule has 0 aliphatic rings. The first kappa shape index (κ1) is 17.0. The van der Waals surface area contributed by atoms with Gasteiger partial charge in [0.15, 0.2) is 0 Å². The van der Waals surface area contributed by atoms with Crippen molar-refractivity contribution in [2.24, 2.45) is 0 Å². The Morgan fingerprint density at radius 2 is 1.74 bits per heavy atom. The van der Waals surface area contributed by atoms with Gasteiger partial charge >= 0.3 is 0 Å². The zero-order valence-electron chi connectivity index (χ0n) is 12.9. The van der Waals surface area contributed by atoms with Gasteiger partial charge in [-0.1, -0.05) is 28.1 Å². The number of benzene rings is 2. The van der Waals surface area contributed by atoms with Crippen LogP contribution in [0.5, 0.6) is 0 Å². The fourth-order valence-electron chi connectivity index (χ4n) is 2.03. The Bertz CT molecular complexity index is 718. The lowest BCUT2D eigenvalue weighted by molar-refractivity contribution is -0.116. The molecule has 0 aromatic heterocycles. The van der Waals surface area contributed by atoms with Crippen LogP contribution in [0, 0.1) is 0 Å². The summed E-state index contributed by atoms with van der Waals surface area (Å²) in [6.45, 7) is 1.76. The van der Waals surface area contributed by atoms with Crippen LogP contribution < -0.4 is 16.0 Å². The van der Waals surface area contributed by atoms with Gasteiger partial charge in [-0.15, -0.1) is 0 Å². The summed E-state index contributed by atoms with van der Waals surface area (Å²) in [5, 5.41) is 8.50. The van der Waals surface area contributed by atoms with Gasteiger partial charge in [-0.05, 0) is 43.3 Å². The van der Waals surface area contributed by atoms with Gasteiger partial charge in [0.1, 0.15) is 6.04 Å². The monoisotopic (exact) mass is 375 g/mol. The average Bonchev–Trinajstić information content (AvgIpc) is 2.54. The summed E-state index contributed by atoms with van der Waals surface area (Å²) in [5.41, 5.74) is 1.97. The molecule has 0 bridgehead atoms. The quantitative estimate of drug-likeness (QED) is 0.750. The van der Waals surface area contributed by atoms with Crippen molar-refractivity contribution in [2.75, 3.05) is 17.7 Å². The lowest BCUT2D eigenvalue weighted by Gasteiger charge is -2.16. The van der Waals surface area contributed by atoms with Gasteiger partial charge in [-0.25, -0.2) is 0 Å². The van der Waals surface area contributed by atoms with E-state index < -0.39 is 6.04 Å². The van der Waals surface area contributed by atoms with Crippen LogP contribution in [0.25, 0.3) is 0 Å². The summed E-state index contributed by atoms with van der Waals surface area (Å²) < 4.78 is 0.897. The molecule has 1 unspecified atom stereocenters. The molecule has 0 radical (unpaired) electrons. The molecule has 0 saturated heterocycles. The summed E-state index contributed by atoms with van der Waals surface area (Å²) >= 11 is 3.37. The van der Waals surface area contributed by atoms with Crippen molar-refractivity contribution in [3.8, 4) is 0 Å². The molecule has 0 spiro atoms. The third kappa shape index (κ3) is 4.82. The fourth-order valence-corrected chi connectivity index (χ4v) is 2.43. The second kappa shape index (κ2) is 7.78. The maximum absolute atomic E-state index is 12.2. The smallest absolute Gasteiger partial charge is 0.251 e. The molecule has 0 aliphatic heterocycles. The number of carbonyl (C=O) groups excluding carboxylic acids is 2. The van der Waals surface area contributed by atoms with E-state index in [0.29, 0.717) is 11.3 Å². The molecule has 2 aromatic carbocycles. The van der Waals surface area contributed by atoms with E-state index in [1.54, 1.807) is 32.2 Å². The third-order valence-corrected chi connectivity index (χ3v) is 3.71. The first-order chi connectivity index (χ1) is 11.0. The number of halogens is 1. The predicted molar refractivity (Wildman–Crippen MR) is 95.7 cm³/mol. The Hall–Kier alpha value is -2.34. The maximum atomic E-state index is 12.2. The second-order valence-corrected chi connectivity index (χ2v) is 5.94. The van der Waals surface area contributed by atoms with Crippen LogP contribution in [-0.2, 0) is 4.79 Å². The minimum absolute atomic E-state index is 0.159. The molecule has 2 amide bonds. The maximum Gasteiger partial charge on any atom is 0.251 e. The molecule has 1 atom stereocenters. The van der Waals surface area contributed by atoms with Crippen molar-refractivity contribution in [3.63, 3.8) is 0 Å². The predicted octanol–water partition coefficient (Wildman–Crippen LogP) is 3.25. The highest BCUT2D eigenvalue weighted by molar-refractivity contribution is 9.10. The van der Waals surface area contributed by atoms with Crippen molar-refractivity contribution in [2.45, 2.75) is 13.0 Å². The van der Waals surface area contributed by atoms with Crippen molar-refractivity contribution >= 4 is 39.1 Å². The first-order valence-electron chi connectivity index (χ1n) is 7.14. The Morgan fingerprint density at radius 3 is 2.43 bits per heavy atom. The molecule has 6 heteroatoms. The summed E-state index contributed by atoms with van der Waals surface area (Å²) in [5.74, 6) is -0.326. The van der Waals surface area contributed by atoms with E-state index in [2.05, 4.69) is 31.9 Å². The lowest BCUT2D eigenvalue weighted by Crippen LogP contribution is -2.32. The summed E-state index contributed by atoms with van der Waals surface area (Å²) in [7, 11) is 1.58. The van der Waals surface area contributed by atoms with Crippen molar-refractivity contribution in [1.82, 2.24) is 5.32 Å². The Balaban J connectivity index is 2.02. The molecular weight excluding hydrogens is 358 g/mol. The Kier molecular flexibility index (Phi) is 5.76. The van der Waals surface area contributed by atoms with Crippen molar-refractivity contribution in [3.05, 3.63) is 58.6 Å². The highest BCUT2D eigenvalue weighted by Gasteiger charge is 2.13. The van der Waals surface area contributed by atoms with Crippen LogP contribution in [0.2, 0.25) is 0 Å². The van der Waals surface area contributed by atoms with Gasteiger partial charge in [0.25, 0.3) is 5.91 Å². The normalized spacial score (nSPS) is 11.4. The van der Waals surface area contributed by atoms with E-state index in [1.165, 1.54) is 0 Å². The Labute approximate surface area is 143 Å². The molecule has 23 heavy (non-hydrogen) atoms. The van der Waals surface area contributed by atoms with Gasteiger partial charge < -0.3 is 16.0 Å². The molecule has 120 valence electrons. The number of nitrogens with one attached hydrogen (secondary N) is 3. The zero-order chi connectivity index (χ0) is 16.8. The van der Waals surface area contributed by atoms with Crippen LogP contribution in [0.1, 0.15) is 17.3 Å². The van der Waals surface area contributed by atoms with E-state index in [9.17, 15) is 9.59 Å². The molecular formula is C17H18BrN3O2. The van der Waals surface area contributed by atoms with Gasteiger partial charge in [0.2, 0.25) is 5.91 Å². The topological polar surface area (TPSA) is 70.2 Å². The number of hydrogen-bond acceptors (Lipinski definition) is 3.